The molecule has 8 heteroatoms. The van der Waals surface area contributed by atoms with Crippen molar-refractivity contribution in [3.05, 3.63) is 12.7 Å². The zero-order chi connectivity index (χ0) is 26.6. The van der Waals surface area contributed by atoms with E-state index in [4.69, 9.17) is 10.5 Å². The van der Waals surface area contributed by atoms with Crippen molar-refractivity contribution < 1.29 is 28.7 Å². The summed E-state index contributed by atoms with van der Waals surface area (Å²) in [5.41, 5.74) is 4.28. The first-order valence-corrected chi connectivity index (χ1v) is 15.0. The molecule has 4 saturated carbocycles. The van der Waals surface area contributed by atoms with E-state index in [-0.39, 0.29) is 40.7 Å². The molecule has 0 aromatic heterocycles. The highest BCUT2D eigenvalue weighted by Crippen LogP contribution is 2.68. The van der Waals surface area contributed by atoms with Gasteiger partial charge >= 0.3 is 5.97 Å². The monoisotopic (exact) mass is 523 g/mol. The topological polar surface area (TPSA) is 127 Å². The lowest BCUT2D eigenvalue weighted by Gasteiger charge is -2.61. The van der Waals surface area contributed by atoms with Gasteiger partial charge in [-0.3, -0.25) is 13.8 Å². The van der Waals surface area contributed by atoms with Crippen LogP contribution in [0.5, 0.6) is 0 Å². The molecule has 4 N–H and O–H groups in total. The van der Waals surface area contributed by atoms with Crippen LogP contribution >= 0.6 is 0 Å². The van der Waals surface area contributed by atoms with Crippen LogP contribution in [0.1, 0.15) is 79.1 Å². The number of aliphatic hydroxyl groups is 2. The van der Waals surface area contributed by atoms with Crippen molar-refractivity contribution in [1.82, 2.24) is 0 Å². The van der Waals surface area contributed by atoms with Crippen molar-refractivity contribution >= 4 is 22.6 Å². The van der Waals surface area contributed by atoms with E-state index < -0.39 is 51.2 Å². The molecule has 0 saturated heterocycles. The maximum Gasteiger partial charge on any atom is 0.318 e. The molecule has 4 aliphatic rings. The summed E-state index contributed by atoms with van der Waals surface area (Å²) in [6.45, 7) is 12.3. The molecule has 7 nitrogen and oxygen atoms in total. The highest BCUT2D eigenvalue weighted by atomic mass is 32.2. The van der Waals surface area contributed by atoms with Gasteiger partial charge in [-0.25, -0.2) is 0 Å². The summed E-state index contributed by atoms with van der Waals surface area (Å²) >= 11 is 0. The van der Waals surface area contributed by atoms with Gasteiger partial charge in [-0.2, -0.15) is 0 Å². The molecule has 4 fully saturated rings. The number of ether oxygens (including phenoxy) is 1. The minimum absolute atomic E-state index is 0.0907. The SMILES string of the molecule is C=C[C@]1(C)C[C@@H](OC(=O)C[S@@](=O)[C@@H]2CC[C@@H](N)C[C@H]2O)[C@]2(C)C(C)CC[C@]3(CCC(=O)[C@H]32)[C@@H](C)[C@@H]1O. The number of carbonyl (C=O) groups is 2. The molecule has 0 radical (unpaired) electrons. The predicted octanol–water partition coefficient (Wildman–Crippen LogP) is 2.88. The molecule has 0 spiro atoms. The maximum atomic E-state index is 13.5. The van der Waals surface area contributed by atoms with Crippen LogP contribution in [-0.2, 0) is 25.1 Å². The first-order valence-electron chi connectivity index (χ1n) is 13.6. The van der Waals surface area contributed by atoms with E-state index in [9.17, 15) is 24.0 Å². The average Bonchev–Trinajstić information content (AvgIpc) is 3.17. The minimum Gasteiger partial charge on any atom is -0.461 e. The second-order valence-electron chi connectivity index (χ2n) is 12.8. The van der Waals surface area contributed by atoms with Crippen LogP contribution in [-0.4, -0.2) is 61.5 Å². The van der Waals surface area contributed by atoms with Crippen LogP contribution in [0, 0.1) is 34.0 Å². The van der Waals surface area contributed by atoms with Crippen LogP contribution in [0.4, 0.5) is 0 Å². The van der Waals surface area contributed by atoms with E-state index in [1.165, 1.54) is 0 Å². The lowest BCUT2D eigenvalue weighted by atomic mass is 9.44. The molecular weight excluding hydrogens is 478 g/mol. The lowest BCUT2D eigenvalue weighted by molar-refractivity contribution is -0.205. The number of ketones is 1. The molecule has 0 aromatic rings. The first-order chi connectivity index (χ1) is 16.8. The smallest absolute Gasteiger partial charge is 0.318 e. The van der Waals surface area contributed by atoms with Crippen LogP contribution in [0.25, 0.3) is 0 Å². The summed E-state index contributed by atoms with van der Waals surface area (Å²) in [5, 5.41) is 21.5. The summed E-state index contributed by atoms with van der Waals surface area (Å²) in [5.74, 6) is -0.920. The Labute approximate surface area is 218 Å². The van der Waals surface area contributed by atoms with Gasteiger partial charge < -0.3 is 20.7 Å². The fourth-order valence-electron chi connectivity index (χ4n) is 8.37. The van der Waals surface area contributed by atoms with Gasteiger partial charge in [0.2, 0.25) is 0 Å². The van der Waals surface area contributed by atoms with Crippen molar-refractivity contribution in [2.45, 2.75) is 109 Å². The molecule has 2 bridgehead atoms. The van der Waals surface area contributed by atoms with Gasteiger partial charge in [0.25, 0.3) is 0 Å². The molecule has 0 aromatic carbocycles. The van der Waals surface area contributed by atoms with Gasteiger partial charge in [0, 0.05) is 40.0 Å². The normalized spacial score (nSPS) is 49.9. The average molecular weight is 524 g/mol. The Morgan fingerprint density at radius 1 is 1.22 bits per heavy atom. The third-order valence-corrected chi connectivity index (χ3v) is 12.7. The summed E-state index contributed by atoms with van der Waals surface area (Å²) in [6.07, 6.45) is 4.54. The van der Waals surface area contributed by atoms with Crippen LogP contribution in [0.3, 0.4) is 0 Å². The number of esters is 1. The Balaban J connectivity index is 1.65. The zero-order valence-corrected chi connectivity index (χ0v) is 23.1. The number of Topliss-reactive ketones (excluding diaryl/α,β-unsaturated/α-hetero) is 1. The lowest BCUT2D eigenvalue weighted by Crippen LogP contribution is -2.63. The van der Waals surface area contributed by atoms with E-state index in [1.54, 1.807) is 6.08 Å². The van der Waals surface area contributed by atoms with E-state index in [2.05, 4.69) is 27.4 Å². The Morgan fingerprint density at radius 2 is 1.92 bits per heavy atom. The van der Waals surface area contributed by atoms with Gasteiger partial charge in [0.1, 0.15) is 17.6 Å². The molecule has 4 rings (SSSR count). The first kappa shape index (κ1) is 27.9. The van der Waals surface area contributed by atoms with Crippen LogP contribution < -0.4 is 5.73 Å². The molecular formula is C28H45NO6S. The molecule has 12 atom stereocenters. The van der Waals surface area contributed by atoms with Crippen molar-refractivity contribution in [2.24, 2.45) is 39.7 Å². The van der Waals surface area contributed by atoms with Crippen LogP contribution in [0.15, 0.2) is 12.7 Å². The molecule has 36 heavy (non-hydrogen) atoms. The summed E-state index contributed by atoms with van der Waals surface area (Å²) < 4.78 is 19.2. The molecule has 1 unspecified atom stereocenters. The van der Waals surface area contributed by atoms with Crippen molar-refractivity contribution in [3.8, 4) is 0 Å². The van der Waals surface area contributed by atoms with E-state index >= 15 is 0 Å². The van der Waals surface area contributed by atoms with Gasteiger partial charge in [-0.05, 0) is 62.2 Å². The van der Waals surface area contributed by atoms with Crippen molar-refractivity contribution in [1.29, 1.82) is 0 Å². The molecule has 0 amide bonds. The fourth-order valence-corrected chi connectivity index (χ4v) is 9.75. The van der Waals surface area contributed by atoms with Crippen molar-refractivity contribution in [3.63, 3.8) is 0 Å². The number of hydrogen-bond acceptors (Lipinski definition) is 7. The van der Waals surface area contributed by atoms with Crippen LogP contribution in [0.2, 0.25) is 0 Å². The highest BCUT2D eigenvalue weighted by molar-refractivity contribution is 7.86. The summed E-state index contributed by atoms with van der Waals surface area (Å²) in [7, 11) is -1.59. The number of carbonyl (C=O) groups excluding carboxylic acids is 2. The Kier molecular flexibility index (Phi) is 7.68. The standard InChI is InChI=1S/C28H45NO6S/c1-6-26(4)14-22(35-23(32)15-36(34)21-8-7-18(29)13-20(21)31)27(5)16(2)9-11-28(17(3)25(26)33)12-10-19(30)24(27)28/h6,16-18,20-22,24-25,31,33H,1,7-15,29H2,2-5H3/t16?,17-,18+,20+,21+,22+,24-,25-,26+,27-,28-,36+/m0/s1. The Morgan fingerprint density at radius 3 is 2.56 bits per heavy atom. The zero-order valence-electron chi connectivity index (χ0n) is 22.3. The largest absolute Gasteiger partial charge is 0.461 e. The summed E-state index contributed by atoms with van der Waals surface area (Å²) in [6, 6.07) is -0.113. The summed E-state index contributed by atoms with van der Waals surface area (Å²) in [4.78, 5) is 26.7. The molecule has 0 heterocycles. The van der Waals surface area contributed by atoms with Gasteiger partial charge in [0.05, 0.1) is 17.5 Å². The van der Waals surface area contributed by atoms with E-state index in [0.717, 1.165) is 19.3 Å². The van der Waals surface area contributed by atoms with Gasteiger partial charge in [-0.15, -0.1) is 6.58 Å². The fraction of sp³-hybridized carbons (Fsp3) is 0.857. The quantitative estimate of drug-likeness (QED) is 0.373. The second kappa shape index (κ2) is 9.90. The van der Waals surface area contributed by atoms with E-state index in [0.29, 0.717) is 32.1 Å². The van der Waals surface area contributed by atoms with Crippen molar-refractivity contribution in [2.75, 3.05) is 5.75 Å². The molecule has 204 valence electrons. The number of hydrogen-bond donors (Lipinski definition) is 3. The number of nitrogens with two attached hydrogens (primary N) is 1. The molecule has 4 aliphatic carbocycles. The molecule has 0 aliphatic heterocycles. The Bertz CT molecular complexity index is 926. The third kappa shape index (κ3) is 4.34. The number of rotatable bonds is 5. The number of aliphatic hydroxyl groups excluding tert-OH is 2. The second-order valence-corrected chi connectivity index (χ2v) is 14.4. The van der Waals surface area contributed by atoms with E-state index in [1.807, 2.05) is 6.92 Å². The minimum atomic E-state index is -1.59. The maximum absolute atomic E-state index is 13.5. The van der Waals surface area contributed by atoms with Gasteiger partial charge in [0.15, 0.2) is 0 Å². The third-order valence-electron chi connectivity index (χ3n) is 11.0. The predicted molar refractivity (Wildman–Crippen MR) is 139 cm³/mol. The van der Waals surface area contributed by atoms with Gasteiger partial charge in [-0.1, -0.05) is 33.8 Å². The Hall–Kier alpha value is -1.09. The highest BCUT2D eigenvalue weighted by Gasteiger charge is 2.68.